The van der Waals surface area contributed by atoms with Gasteiger partial charge in [-0.25, -0.2) is 4.39 Å². The van der Waals surface area contributed by atoms with E-state index in [9.17, 15) is 28.7 Å². The second-order valence-electron chi connectivity index (χ2n) is 11.4. The maximum Gasteiger partial charge on any atom is 0.260 e. The van der Waals surface area contributed by atoms with Gasteiger partial charge in [0.25, 0.3) is 11.8 Å². The number of aromatic hydroxyl groups is 1. The van der Waals surface area contributed by atoms with Crippen LogP contribution in [-0.2, 0) is 24.6 Å². The molecule has 8 nitrogen and oxygen atoms in total. The number of fused-ring (bicyclic) bond motifs is 4. The van der Waals surface area contributed by atoms with Crippen LogP contribution in [0.1, 0.15) is 29.9 Å². The standard InChI is InChI=1S/C32H24Cl2FN3O5/c33-16-3-1-15(2-4-16)32-24(30(42)38(31(32)43)37-19-8-6-18(35)7-9-19)14-22-20(10-11-21-26(22)29(41)36-28(21)40)27(32)23-13-17(34)5-12-25(23)39/h1-10,12-13,21-22,24,26-27,37,39H,11,14H2,(H,36,40,41)/t21-,22+,24-,26-,27+,32+/m0/s1. The predicted octanol–water partition coefficient (Wildman–Crippen LogP) is 5.11. The summed E-state index contributed by atoms with van der Waals surface area (Å²) in [6.45, 7) is 0. The number of allylic oxidation sites excluding steroid dienone is 2. The molecule has 11 heteroatoms. The average molecular weight is 620 g/mol. The van der Waals surface area contributed by atoms with Crippen molar-refractivity contribution >= 4 is 52.5 Å². The number of nitrogens with zero attached hydrogens (tertiary/aromatic N) is 1. The molecule has 0 unspecified atom stereocenters. The number of amides is 4. The Kier molecular flexibility index (Phi) is 6.37. The van der Waals surface area contributed by atoms with Crippen LogP contribution in [0.4, 0.5) is 10.1 Å². The largest absolute Gasteiger partial charge is 0.508 e. The number of carbonyl (C=O) groups is 4. The highest BCUT2D eigenvalue weighted by molar-refractivity contribution is 6.31. The Morgan fingerprint density at radius 2 is 1.60 bits per heavy atom. The van der Waals surface area contributed by atoms with Gasteiger partial charge in [0, 0.05) is 21.5 Å². The first-order valence-electron chi connectivity index (χ1n) is 13.8. The second-order valence-corrected chi connectivity index (χ2v) is 12.3. The molecule has 6 atom stereocenters. The minimum atomic E-state index is -1.59. The van der Waals surface area contributed by atoms with E-state index in [4.69, 9.17) is 23.2 Å². The summed E-state index contributed by atoms with van der Waals surface area (Å²) in [5.41, 5.74) is 3.08. The lowest BCUT2D eigenvalue weighted by atomic mass is 9.49. The Balaban J connectivity index is 1.49. The van der Waals surface area contributed by atoms with E-state index in [1.54, 1.807) is 30.3 Å². The third-order valence-corrected chi connectivity index (χ3v) is 9.89. The van der Waals surface area contributed by atoms with Gasteiger partial charge in [0.2, 0.25) is 11.8 Å². The summed E-state index contributed by atoms with van der Waals surface area (Å²) in [6.07, 6.45) is 2.23. The summed E-state index contributed by atoms with van der Waals surface area (Å²) in [7, 11) is 0. The zero-order valence-corrected chi connectivity index (χ0v) is 23.9. The fourth-order valence-corrected chi connectivity index (χ4v) is 7.97. The zero-order chi connectivity index (χ0) is 30.2. The topological polar surface area (TPSA) is 116 Å². The number of imide groups is 2. The van der Waals surface area contributed by atoms with Gasteiger partial charge < -0.3 is 5.11 Å². The van der Waals surface area contributed by atoms with Gasteiger partial charge in [-0.2, -0.15) is 5.01 Å². The van der Waals surface area contributed by atoms with Crippen molar-refractivity contribution < 1.29 is 28.7 Å². The summed E-state index contributed by atoms with van der Waals surface area (Å²) >= 11 is 12.7. The lowest BCUT2D eigenvalue weighted by Gasteiger charge is -2.50. The molecule has 2 aliphatic carbocycles. The van der Waals surface area contributed by atoms with Gasteiger partial charge in [-0.3, -0.25) is 29.9 Å². The monoisotopic (exact) mass is 619 g/mol. The fraction of sp³-hybridized carbons (Fsp3) is 0.250. The van der Waals surface area contributed by atoms with Gasteiger partial charge in [-0.15, -0.1) is 0 Å². The van der Waals surface area contributed by atoms with E-state index in [0.29, 0.717) is 32.4 Å². The number of benzene rings is 3. The highest BCUT2D eigenvalue weighted by Crippen LogP contribution is 2.64. The number of nitrogens with one attached hydrogen (secondary N) is 2. The minimum Gasteiger partial charge on any atom is -0.508 e. The van der Waals surface area contributed by atoms with Gasteiger partial charge in [0.1, 0.15) is 11.6 Å². The molecule has 0 aromatic heterocycles. The van der Waals surface area contributed by atoms with Crippen molar-refractivity contribution in [3.8, 4) is 5.75 Å². The molecule has 2 aliphatic heterocycles. The molecule has 7 rings (SSSR count). The smallest absolute Gasteiger partial charge is 0.260 e. The molecule has 3 aromatic carbocycles. The first-order chi connectivity index (χ1) is 20.6. The quantitative estimate of drug-likeness (QED) is 0.276. The maximum atomic E-state index is 14.9. The van der Waals surface area contributed by atoms with Crippen LogP contribution < -0.4 is 10.7 Å². The molecule has 3 fully saturated rings. The molecule has 0 radical (unpaired) electrons. The molecule has 0 bridgehead atoms. The number of hydrogen-bond acceptors (Lipinski definition) is 6. The van der Waals surface area contributed by atoms with Crippen molar-refractivity contribution in [2.75, 3.05) is 5.43 Å². The zero-order valence-electron chi connectivity index (χ0n) is 22.4. The van der Waals surface area contributed by atoms with E-state index in [2.05, 4.69) is 10.7 Å². The average Bonchev–Trinajstić information content (AvgIpc) is 3.40. The molecule has 4 aliphatic rings. The van der Waals surface area contributed by atoms with E-state index in [-0.39, 0.29) is 24.5 Å². The van der Waals surface area contributed by atoms with E-state index in [1.165, 1.54) is 36.4 Å². The third kappa shape index (κ3) is 4.02. The number of rotatable bonds is 4. The minimum absolute atomic E-state index is 0.0975. The van der Waals surface area contributed by atoms with E-state index < -0.39 is 58.5 Å². The SMILES string of the molecule is O=C1NC(=O)[C@H]2CC=C3[C@@H](C[C@H]4C(=O)N(Nc5ccc(F)cc5)C(=O)[C@@]4(c4ccc(Cl)cc4)[C@H]3c3cc(Cl)ccc3O)[C@@H]12. The maximum absolute atomic E-state index is 14.9. The number of carbonyl (C=O) groups excluding carboxylic acids is 4. The van der Waals surface area contributed by atoms with Gasteiger partial charge in [-0.05, 0) is 78.9 Å². The first-order valence-corrected chi connectivity index (χ1v) is 14.6. The molecule has 3 N–H and O–H groups in total. The lowest BCUT2D eigenvalue weighted by Crippen LogP contribution is -2.53. The van der Waals surface area contributed by atoms with Crippen LogP contribution in [0.25, 0.3) is 0 Å². The van der Waals surface area contributed by atoms with Crippen LogP contribution in [0, 0.1) is 29.5 Å². The predicted molar refractivity (Wildman–Crippen MR) is 155 cm³/mol. The Morgan fingerprint density at radius 3 is 2.33 bits per heavy atom. The Bertz CT molecular complexity index is 1740. The fourth-order valence-electron chi connectivity index (χ4n) is 7.67. The number of anilines is 1. The first kappa shape index (κ1) is 27.6. The van der Waals surface area contributed by atoms with Crippen molar-refractivity contribution in [3.05, 3.63) is 105 Å². The van der Waals surface area contributed by atoms with E-state index in [0.717, 1.165) is 5.01 Å². The highest BCUT2D eigenvalue weighted by atomic mass is 35.5. The lowest BCUT2D eigenvalue weighted by molar-refractivity contribution is -0.138. The molecule has 1 saturated carbocycles. The van der Waals surface area contributed by atoms with Crippen molar-refractivity contribution in [3.63, 3.8) is 0 Å². The number of halogens is 3. The molecule has 2 saturated heterocycles. The van der Waals surface area contributed by atoms with Crippen LogP contribution >= 0.6 is 23.2 Å². The van der Waals surface area contributed by atoms with Gasteiger partial charge >= 0.3 is 0 Å². The molecule has 218 valence electrons. The summed E-state index contributed by atoms with van der Waals surface area (Å²) in [4.78, 5) is 55.1. The van der Waals surface area contributed by atoms with E-state index >= 15 is 0 Å². The summed E-state index contributed by atoms with van der Waals surface area (Å²) in [6, 6.07) is 16.4. The van der Waals surface area contributed by atoms with Crippen molar-refractivity contribution in [1.82, 2.24) is 10.3 Å². The van der Waals surface area contributed by atoms with Crippen LogP contribution in [0.2, 0.25) is 10.0 Å². The second kappa shape index (κ2) is 9.92. The van der Waals surface area contributed by atoms with Gasteiger partial charge in [0.05, 0.1) is 28.9 Å². The Labute approximate surface area is 255 Å². The number of hydrogen-bond donors (Lipinski definition) is 3. The molecule has 2 heterocycles. The molecule has 4 amide bonds. The van der Waals surface area contributed by atoms with Crippen molar-refractivity contribution in [2.24, 2.45) is 23.7 Å². The number of phenols is 1. The summed E-state index contributed by atoms with van der Waals surface area (Å²) in [5, 5.41) is 15.4. The molecule has 43 heavy (non-hydrogen) atoms. The summed E-state index contributed by atoms with van der Waals surface area (Å²) < 4.78 is 13.7. The van der Waals surface area contributed by atoms with Gasteiger partial charge in [-0.1, -0.05) is 47.0 Å². The molecule has 3 aromatic rings. The summed E-state index contributed by atoms with van der Waals surface area (Å²) in [5.74, 6) is -6.40. The van der Waals surface area contributed by atoms with Crippen LogP contribution in [0.3, 0.4) is 0 Å². The van der Waals surface area contributed by atoms with E-state index in [1.807, 2.05) is 6.08 Å². The molecular formula is C32H24Cl2FN3O5. The number of hydrazine groups is 1. The van der Waals surface area contributed by atoms with Crippen molar-refractivity contribution in [2.45, 2.75) is 24.2 Å². The molecular weight excluding hydrogens is 596 g/mol. The van der Waals surface area contributed by atoms with Gasteiger partial charge in [0.15, 0.2) is 0 Å². The molecule has 0 spiro atoms. The highest BCUT2D eigenvalue weighted by Gasteiger charge is 2.70. The van der Waals surface area contributed by atoms with Crippen LogP contribution in [-0.4, -0.2) is 33.7 Å². The normalized spacial score (nSPS) is 29.5. The van der Waals surface area contributed by atoms with Crippen molar-refractivity contribution in [1.29, 1.82) is 0 Å². The third-order valence-electron chi connectivity index (χ3n) is 9.40. The Morgan fingerprint density at radius 1 is 0.907 bits per heavy atom. The Hall–Kier alpha value is -4.21. The number of phenolic OH excluding ortho intramolecular Hbond substituents is 1. The van der Waals surface area contributed by atoms with Crippen LogP contribution in [0.5, 0.6) is 5.75 Å². The van der Waals surface area contributed by atoms with Crippen LogP contribution in [0.15, 0.2) is 78.4 Å².